The zero-order valence-corrected chi connectivity index (χ0v) is 11.3. The van der Waals surface area contributed by atoms with E-state index in [1.807, 2.05) is 0 Å². The highest BCUT2D eigenvalue weighted by atomic mass is 35.5. The van der Waals surface area contributed by atoms with E-state index in [0.717, 1.165) is 0 Å². The lowest BCUT2D eigenvalue weighted by molar-refractivity contribution is 0.0692. The normalized spacial score (nSPS) is 10.1. The lowest BCUT2D eigenvalue weighted by Gasteiger charge is -2.07. The van der Waals surface area contributed by atoms with E-state index in [2.05, 4.69) is 15.3 Å². The van der Waals surface area contributed by atoms with Crippen LogP contribution >= 0.6 is 23.2 Å². The molecule has 2 rings (SSSR count). The molecule has 0 saturated carbocycles. The Labute approximate surface area is 123 Å². The van der Waals surface area contributed by atoms with Crippen molar-refractivity contribution in [3.8, 4) is 0 Å². The van der Waals surface area contributed by atoms with E-state index in [4.69, 9.17) is 28.3 Å². The molecular formula is C12H7Cl2N3O3. The van der Waals surface area contributed by atoms with Crippen LogP contribution in [0.4, 0.5) is 5.69 Å². The Balaban J connectivity index is 2.30. The van der Waals surface area contributed by atoms with Crippen molar-refractivity contribution in [2.45, 2.75) is 0 Å². The van der Waals surface area contributed by atoms with Crippen LogP contribution in [0.15, 0.2) is 30.5 Å². The topological polar surface area (TPSA) is 92.2 Å². The third-order valence-electron chi connectivity index (χ3n) is 2.28. The molecule has 0 saturated heterocycles. The second kappa shape index (κ2) is 5.85. The van der Waals surface area contributed by atoms with Crippen LogP contribution in [0.5, 0.6) is 0 Å². The highest BCUT2D eigenvalue weighted by Crippen LogP contribution is 2.17. The lowest BCUT2D eigenvalue weighted by atomic mass is 10.2. The molecule has 0 aromatic carbocycles. The number of carboxylic acid groups (broad SMARTS) is 1. The first kappa shape index (κ1) is 14.2. The minimum absolute atomic E-state index is 0.0623. The summed E-state index contributed by atoms with van der Waals surface area (Å²) in [5.41, 5.74) is -0.0173. The standard InChI is InChI=1S/C12H7Cl2N3O3/c13-8-4-6(5-9(14)17-8)11(18)16-7-2-1-3-15-10(7)12(19)20/h1-5H,(H,16,18)(H,19,20). The Hall–Kier alpha value is -2.18. The van der Waals surface area contributed by atoms with Gasteiger partial charge in [-0.1, -0.05) is 23.2 Å². The molecule has 0 aliphatic carbocycles. The Kier molecular flexibility index (Phi) is 4.16. The van der Waals surface area contributed by atoms with Crippen molar-refractivity contribution in [3.05, 3.63) is 52.0 Å². The van der Waals surface area contributed by atoms with E-state index in [1.165, 1.54) is 30.5 Å². The number of aromatic carboxylic acids is 1. The van der Waals surface area contributed by atoms with Gasteiger partial charge >= 0.3 is 5.97 Å². The molecule has 1 amide bonds. The van der Waals surface area contributed by atoms with Crippen molar-refractivity contribution in [3.63, 3.8) is 0 Å². The molecule has 0 radical (unpaired) electrons. The molecule has 0 fully saturated rings. The molecule has 102 valence electrons. The van der Waals surface area contributed by atoms with Crippen molar-refractivity contribution in [1.29, 1.82) is 0 Å². The molecule has 0 aliphatic rings. The number of anilines is 1. The minimum Gasteiger partial charge on any atom is -0.476 e. The molecule has 2 heterocycles. The van der Waals surface area contributed by atoms with Gasteiger partial charge in [0.1, 0.15) is 10.3 Å². The fourth-order valence-electron chi connectivity index (χ4n) is 1.47. The third-order valence-corrected chi connectivity index (χ3v) is 2.67. The molecule has 6 nitrogen and oxygen atoms in total. The van der Waals surface area contributed by atoms with Gasteiger partial charge in [0, 0.05) is 11.8 Å². The summed E-state index contributed by atoms with van der Waals surface area (Å²) in [7, 11) is 0. The third kappa shape index (κ3) is 3.23. The zero-order chi connectivity index (χ0) is 14.7. The summed E-state index contributed by atoms with van der Waals surface area (Å²) >= 11 is 11.4. The van der Waals surface area contributed by atoms with Crippen LogP contribution in [0.2, 0.25) is 10.3 Å². The van der Waals surface area contributed by atoms with E-state index in [0.29, 0.717) is 0 Å². The molecule has 8 heteroatoms. The predicted octanol–water partition coefficient (Wildman–Crippen LogP) is 2.73. The van der Waals surface area contributed by atoms with Crippen LogP contribution in [-0.4, -0.2) is 27.0 Å². The first-order valence-corrected chi connectivity index (χ1v) is 6.05. The summed E-state index contributed by atoms with van der Waals surface area (Å²) in [6, 6.07) is 5.58. The second-order valence-corrected chi connectivity index (χ2v) is 4.43. The van der Waals surface area contributed by atoms with Gasteiger partial charge in [0.25, 0.3) is 5.91 Å². The number of aromatic nitrogens is 2. The number of nitrogens with zero attached hydrogens (tertiary/aromatic N) is 2. The van der Waals surface area contributed by atoms with E-state index in [1.54, 1.807) is 0 Å². The lowest BCUT2D eigenvalue weighted by Crippen LogP contribution is -2.15. The minimum atomic E-state index is -1.24. The highest BCUT2D eigenvalue weighted by Gasteiger charge is 2.15. The smallest absolute Gasteiger partial charge is 0.356 e. The Bertz CT molecular complexity index is 671. The first-order chi connectivity index (χ1) is 9.47. The van der Waals surface area contributed by atoms with Crippen LogP contribution < -0.4 is 5.32 Å². The van der Waals surface area contributed by atoms with Gasteiger partial charge in [-0.15, -0.1) is 0 Å². The number of hydrogen-bond acceptors (Lipinski definition) is 4. The van der Waals surface area contributed by atoms with Crippen LogP contribution in [-0.2, 0) is 0 Å². The Morgan fingerprint density at radius 1 is 1.20 bits per heavy atom. The molecular weight excluding hydrogens is 305 g/mol. The molecule has 0 atom stereocenters. The molecule has 0 unspecified atom stereocenters. The summed E-state index contributed by atoms with van der Waals surface area (Å²) in [5.74, 6) is -1.81. The molecule has 0 spiro atoms. The Morgan fingerprint density at radius 2 is 1.85 bits per heavy atom. The summed E-state index contributed by atoms with van der Waals surface area (Å²) in [6.45, 7) is 0. The fourth-order valence-corrected chi connectivity index (χ4v) is 1.93. The number of hydrogen-bond donors (Lipinski definition) is 2. The molecule has 0 aliphatic heterocycles. The van der Waals surface area contributed by atoms with Gasteiger partial charge in [-0.2, -0.15) is 0 Å². The second-order valence-electron chi connectivity index (χ2n) is 3.66. The average Bonchev–Trinajstić information content (AvgIpc) is 2.37. The van der Waals surface area contributed by atoms with Gasteiger partial charge in [-0.25, -0.2) is 14.8 Å². The molecule has 2 aromatic rings. The van der Waals surface area contributed by atoms with Gasteiger partial charge < -0.3 is 10.4 Å². The largest absolute Gasteiger partial charge is 0.476 e. The van der Waals surface area contributed by atoms with Crippen LogP contribution in [0.1, 0.15) is 20.8 Å². The first-order valence-electron chi connectivity index (χ1n) is 5.30. The monoisotopic (exact) mass is 311 g/mol. The van der Waals surface area contributed by atoms with Gasteiger partial charge in [-0.3, -0.25) is 4.79 Å². The van der Waals surface area contributed by atoms with Gasteiger partial charge in [0.05, 0.1) is 5.69 Å². The predicted molar refractivity (Wildman–Crippen MR) is 73.4 cm³/mol. The van der Waals surface area contributed by atoms with Gasteiger partial charge in [0.15, 0.2) is 5.69 Å². The van der Waals surface area contributed by atoms with Crippen LogP contribution in [0, 0.1) is 0 Å². The number of halogens is 2. The number of carbonyl (C=O) groups excluding carboxylic acids is 1. The van der Waals surface area contributed by atoms with E-state index < -0.39 is 11.9 Å². The molecule has 2 aromatic heterocycles. The number of carbonyl (C=O) groups is 2. The number of pyridine rings is 2. The summed E-state index contributed by atoms with van der Waals surface area (Å²) in [4.78, 5) is 30.4. The maximum atomic E-state index is 12.0. The van der Waals surface area contributed by atoms with Crippen molar-refractivity contribution in [1.82, 2.24) is 9.97 Å². The van der Waals surface area contributed by atoms with E-state index in [-0.39, 0.29) is 27.3 Å². The van der Waals surface area contributed by atoms with E-state index in [9.17, 15) is 9.59 Å². The van der Waals surface area contributed by atoms with Crippen molar-refractivity contribution in [2.75, 3.05) is 5.32 Å². The number of amides is 1. The zero-order valence-electron chi connectivity index (χ0n) is 9.80. The van der Waals surface area contributed by atoms with Crippen molar-refractivity contribution in [2.24, 2.45) is 0 Å². The van der Waals surface area contributed by atoms with Gasteiger partial charge in [-0.05, 0) is 24.3 Å². The molecule has 2 N–H and O–H groups in total. The quantitative estimate of drug-likeness (QED) is 0.850. The fraction of sp³-hybridized carbons (Fsp3) is 0. The van der Waals surface area contributed by atoms with Crippen LogP contribution in [0.3, 0.4) is 0 Å². The average molecular weight is 312 g/mol. The maximum absolute atomic E-state index is 12.0. The number of rotatable bonds is 3. The highest BCUT2D eigenvalue weighted by molar-refractivity contribution is 6.33. The summed E-state index contributed by atoms with van der Waals surface area (Å²) in [6.07, 6.45) is 1.32. The maximum Gasteiger partial charge on any atom is 0.356 e. The SMILES string of the molecule is O=C(Nc1cccnc1C(=O)O)c1cc(Cl)nc(Cl)c1. The summed E-state index contributed by atoms with van der Waals surface area (Å²) < 4.78 is 0. The van der Waals surface area contributed by atoms with Gasteiger partial charge in [0.2, 0.25) is 0 Å². The van der Waals surface area contributed by atoms with Crippen LogP contribution in [0.25, 0.3) is 0 Å². The summed E-state index contributed by atoms with van der Waals surface area (Å²) in [5, 5.41) is 11.5. The number of nitrogens with one attached hydrogen (secondary N) is 1. The van der Waals surface area contributed by atoms with Crippen molar-refractivity contribution >= 4 is 40.8 Å². The van der Waals surface area contributed by atoms with Crippen molar-refractivity contribution < 1.29 is 14.7 Å². The number of carboxylic acids is 1. The molecule has 0 bridgehead atoms. The Morgan fingerprint density at radius 3 is 2.45 bits per heavy atom. The molecule has 20 heavy (non-hydrogen) atoms. The van der Waals surface area contributed by atoms with E-state index >= 15 is 0 Å².